The lowest BCUT2D eigenvalue weighted by atomic mass is 9.86. The molecule has 46 heavy (non-hydrogen) atoms. The topological polar surface area (TPSA) is 214 Å². The van der Waals surface area contributed by atoms with Gasteiger partial charge in [0.15, 0.2) is 0 Å². The van der Waals surface area contributed by atoms with Gasteiger partial charge >= 0.3 is 12.4 Å². The maximum Gasteiger partial charge on any atom is 0.418 e. The van der Waals surface area contributed by atoms with Crippen molar-refractivity contribution in [2.45, 2.75) is 12.4 Å². The molecule has 216 valence electrons. The molecular weight excluding hydrogens is 612 g/mol. The van der Waals surface area contributed by atoms with Crippen molar-refractivity contribution in [3.63, 3.8) is 0 Å². The van der Waals surface area contributed by atoms with Crippen molar-refractivity contribution in [1.82, 2.24) is 0 Å². The van der Waals surface area contributed by atoms with E-state index >= 15 is 0 Å². The Morgan fingerprint density at radius 3 is 1.17 bits per heavy atom. The fourth-order valence-corrected chi connectivity index (χ4v) is 4.60. The van der Waals surface area contributed by atoms with Crippen LogP contribution in [0.5, 0.6) is 0 Å². The molecule has 3 aromatic carbocycles. The van der Waals surface area contributed by atoms with Crippen molar-refractivity contribution in [2.75, 3.05) is 0 Å². The van der Waals surface area contributed by atoms with Crippen molar-refractivity contribution < 1.29 is 26.3 Å². The fraction of sp³-hybridized carbons (Fsp3) is 0.0645. The molecule has 0 aliphatic carbocycles. The lowest BCUT2D eigenvalue weighted by Gasteiger charge is -2.16. The molecule has 0 aromatic heterocycles. The highest BCUT2D eigenvalue weighted by molar-refractivity contribution is 5.86. The molecule has 0 saturated carbocycles. The third-order valence-electron chi connectivity index (χ3n) is 6.40. The van der Waals surface area contributed by atoms with Gasteiger partial charge in [-0.05, 0) is 18.2 Å². The van der Waals surface area contributed by atoms with Gasteiger partial charge in [-0.1, -0.05) is 12.1 Å². The van der Waals surface area contributed by atoms with Crippen LogP contribution in [-0.4, -0.2) is 0 Å². The average molecular weight is 617 g/mol. The van der Waals surface area contributed by atoms with Crippen molar-refractivity contribution >= 4 is 11.1 Å². The summed E-state index contributed by atoms with van der Waals surface area (Å²) in [7, 11) is 0. The van der Waals surface area contributed by atoms with Crippen molar-refractivity contribution in [3.05, 3.63) is 102 Å². The predicted octanol–water partition coefficient (Wildman–Crippen LogP) is 4.27. The monoisotopic (exact) mass is 617 g/mol. The fourth-order valence-electron chi connectivity index (χ4n) is 4.60. The van der Waals surface area contributed by atoms with Crippen LogP contribution in [0.25, 0.3) is 11.1 Å². The Morgan fingerprint density at radius 1 is 0.457 bits per heavy atom. The summed E-state index contributed by atoms with van der Waals surface area (Å²) in [6.45, 7) is 0. The van der Waals surface area contributed by atoms with Gasteiger partial charge in [-0.2, -0.15) is 73.7 Å². The molecule has 0 bridgehead atoms. The number of rotatable bonds is 2. The molecule has 0 unspecified atom stereocenters. The van der Waals surface area contributed by atoms with E-state index in [9.17, 15) is 73.7 Å². The third-order valence-corrected chi connectivity index (χ3v) is 6.40. The Balaban J connectivity index is 2.82. The van der Waals surface area contributed by atoms with E-state index in [-0.39, 0.29) is 0 Å². The minimum absolute atomic E-state index is 0.608. The van der Waals surface area contributed by atoms with E-state index in [1.165, 1.54) is 54.6 Å². The molecule has 3 aromatic rings. The first kappa shape index (κ1) is 32.9. The molecule has 0 spiro atoms. The lowest BCUT2D eigenvalue weighted by Crippen LogP contribution is -2.27. The van der Waals surface area contributed by atoms with Crippen LogP contribution >= 0.6 is 0 Å². The first-order valence-electron chi connectivity index (χ1n) is 11.8. The van der Waals surface area contributed by atoms with Crippen LogP contribution in [0.3, 0.4) is 0 Å². The van der Waals surface area contributed by atoms with Crippen molar-refractivity contribution in [1.29, 1.82) is 47.4 Å². The number of hydrogen-bond donors (Lipinski definition) is 0. The van der Waals surface area contributed by atoms with E-state index in [4.69, 9.17) is 0 Å². The summed E-state index contributed by atoms with van der Waals surface area (Å²) < 4.78 is 85.4. The highest BCUT2D eigenvalue weighted by atomic mass is 19.4. The molecule has 9 nitrogen and oxygen atoms in total. The van der Waals surface area contributed by atoms with Crippen LogP contribution in [-0.2, 0) is 12.4 Å². The number of halogens is 6. The van der Waals surface area contributed by atoms with Gasteiger partial charge in [0.25, 0.3) is 0 Å². The second kappa shape index (κ2) is 12.3. The summed E-state index contributed by atoms with van der Waals surface area (Å²) in [4.78, 5) is 0. The van der Waals surface area contributed by atoms with Crippen molar-refractivity contribution in [3.8, 4) is 54.6 Å². The molecule has 0 aliphatic heterocycles. The molecule has 0 heterocycles. The van der Waals surface area contributed by atoms with Gasteiger partial charge in [-0.3, -0.25) is 0 Å². The van der Waals surface area contributed by atoms with Gasteiger partial charge in [0, 0.05) is 21.6 Å². The molecule has 0 aliphatic rings. The molecule has 3 rings (SSSR count). The SMILES string of the molecule is N#C/C(c1ccc(C#N)c(C#N)c1C(F)(F)F)=c1\cc(C#N)/c(=C(\C#N)c2ccc(C#N)c(C#N)c2C(F)(F)F)c(C#N)c1C#N. The van der Waals surface area contributed by atoms with E-state index in [0.717, 1.165) is 12.1 Å². The second-order valence-electron chi connectivity index (χ2n) is 8.67. The molecular formula is C31H5F6N9. The van der Waals surface area contributed by atoms with Crippen LogP contribution in [0.2, 0.25) is 0 Å². The molecule has 0 atom stereocenters. The average Bonchev–Trinajstić information content (AvgIpc) is 3.03. The molecule has 0 fully saturated rings. The van der Waals surface area contributed by atoms with Crippen LogP contribution in [0, 0.1) is 102 Å². The van der Waals surface area contributed by atoms with Gasteiger partial charge in [-0.15, -0.1) is 0 Å². The van der Waals surface area contributed by atoms with Gasteiger partial charge in [0.2, 0.25) is 0 Å². The molecule has 15 heteroatoms. The van der Waals surface area contributed by atoms with Gasteiger partial charge in [0.05, 0.1) is 67.3 Å². The standard InChI is InChI=1S/C31H5F6N9/c32-30(33,34)28-18(3-1-15(6-38)21(28)9-41)23(11-43)20-5-17(8-40)27(26(14-46)24(20)12-44)25(13-45)19-4-2-16(7-39)22(10-42)29(19)31(35,36)37/h1-5H/b23-20-,27-25-. The number of benzene rings is 3. The zero-order valence-corrected chi connectivity index (χ0v) is 22.2. The minimum atomic E-state index is -5.38. The van der Waals surface area contributed by atoms with Crippen molar-refractivity contribution in [2.24, 2.45) is 0 Å². The quantitative estimate of drug-likeness (QED) is 0.375. The van der Waals surface area contributed by atoms with E-state index in [1.54, 1.807) is 0 Å². The lowest BCUT2D eigenvalue weighted by molar-refractivity contribution is -0.138. The van der Waals surface area contributed by atoms with E-state index in [0.29, 0.717) is 18.2 Å². The zero-order chi connectivity index (χ0) is 34.6. The number of hydrogen-bond acceptors (Lipinski definition) is 9. The predicted molar refractivity (Wildman–Crippen MR) is 138 cm³/mol. The highest BCUT2D eigenvalue weighted by Crippen LogP contribution is 2.39. The van der Waals surface area contributed by atoms with Crippen LogP contribution in [0.1, 0.15) is 61.2 Å². The Kier molecular flexibility index (Phi) is 8.81. The van der Waals surface area contributed by atoms with E-state index in [2.05, 4.69) is 0 Å². The third kappa shape index (κ3) is 5.34. The molecule has 0 amide bonds. The minimum Gasteiger partial charge on any atom is -0.192 e. The van der Waals surface area contributed by atoms with E-state index < -0.39 is 95.1 Å². The van der Waals surface area contributed by atoms with Crippen LogP contribution < -0.4 is 10.4 Å². The molecule has 0 N–H and O–H groups in total. The maximum atomic E-state index is 14.2. The number of nitrogens with zero attached hydrogens (tertiary/aromatic N) is 9. The summed E-state index contributed by atoms with van der Waals surface area (Å²) in [5.74, 6) is 0. The Bertz CT molecular complexity index is 2390. The summed E-state index contributed by atoms with van der Waals surface area (Å²) in [5, 5.41) is 85.6. The smallest absolute Gasteiger partial charge is 0.192 e. The molecule has 0 radical (unpaired) electrons. The molecule has 0 saturated heterocycles. The van der Waals surface area contributed by atoms with Crippen LogP contribution in [0.4, 0.5) is 26.3 Å². The number of alkyl halides is 6. The first-order chi connectivity index (χ1) is 21.7. The highest BCUT2D eigenvalue weighted by Gasteiger charge is 2.40. The van der Waals surface area contributed by atoms with E-state index in [1.807, 2.05) is 0 Å². The Labute approximate surface area is 253 Å². The maximum absolute atomic E-state index is 14.2. The van der Waals surface area contributed by atoms with Crippen LogP contribution in [0.15, 0.2) is 30.3 Å². The summed E-state index contributed by atoms with van der Waals surface area (Å²) in [5.41, 5.74) is -14.3. The van der Waals surface area contributed by atoms with Gasteiger partial charge < -0.3 is 0 Å². The normalized spacial score (nSPS) is 11.8. The van der Waals surface area contributed by atoms with Gasteiger partial charge in [0.1, 0.15) is 48.6 Å². The largest absolute Gasteiger partial charge is 0.418 e. The Morgan fingerprint density at radius 2 is 0.848 bits per heavy atom. The zero-order valence-electron chi connectivity index (χ0n) is 22.2. The summed E-state index contributed by atoms with van der Waals surface area (Å²) >= 11 is 0. The number of nitriles is 9. The second-order valence-corrected chi connectivity index (χ2v) is 8.67. The van der Waals surface area contributed by atoms with Gasteiger partial charge in [-0.25, -0.2) is 0 Å². The first-order valence-corrected chi connectivity index (χ1v) is 11.8. The summed E-state index contributed by atoms with van der Waals surface area (Å²) in [6.07, 6.45) is -10.7. The Hall–Kier alpha value is -7.61. The summed E-state index contributed by atoms with van der Waals surface area (Å²) in [6, 6.07) is 16.0.